The number of hydrogen-bond donors (Lipinski definition) is 2. The van der Waals surface area contributed by atoms with E-state index < -0.39 is 29.9 Å². The van der Waals surface area contributed by atoms with Crippen LogP contribution in [0.25, 0.3) is 22.3 Å². The Morgan fingerprint density at radius 1 is 0.535 bits per heavy atom. The average molecular weight is 970 g/mol. The van der Waals surface area contributed by atoms with Gasteiger partial charge in [-0.1, -0.05) is 78.9 Å². The molecule has 0 radical (unpaired) electrons. The fraction of sp³-hybridized carbons (Fsp3) is 0.333. The maximum atomic E-state index is 13.5. The van der Waals surface area contributed by atoms with Crippen LogP contribution in [0.5, 0.6) is 0 Å². The van der Waals surface area contributed by atoms with Crippen LogP contribution < -0.4 is 16.9 Å². The number of ether oxygens (including phenoxy) is 4. The zero-order chi connectivity index (χ0) is 52.4. The lowest BCUT2D eigenvalue weighted by atomic mass is 9.86. The zero-order valence-electron chi connectivity index (χ0n) is 42.4. The predicted molar refractivity (Wildman–Crippen MR) is 276 cm³/mol. The Bertz CT molecular complexity index is 2860. The number of rotatable bonds is 18. The van der Waals surface area contributed by atoms with Crippen LogP contribution in [-0.2, 0) is 38.1 Å². The van der Waals surface area contributed by atoms with Crippen LogP contribution in [0.3, 0.4) is 0 Å². The van der Waals surface area contributed by atoms with Gasteiger partial charge in [-0.2, -0.15) is 0 Å². The first kappa shape index (κ1) is 56.3. The van der Waals surface area contributed by atoms with E-state index in [-0.39, 0.29) is 61.4 Å². The van der Waals surface area contributed by atoms with Crippen LogP contribution in [0, 0.1) is 41.5 Å². The Hall–Kier alpha value is -7.26. The summed E-state index contributed by atoms with van der Waals surface area (Å²) in [5.74, 6) is -2.34. The first-order valence-electron chi connectivity index (χ1n) is 23.2. The summed E-state index contributed by atoms with van der Waals surface area (Å²) in [7, 11) is 5.62. The third kappa shape index (κ3) is 15.9. The highest BCUT2D eigenvalue weighted by atomic mass is 16.5. The van der Waals surface area contributed by atoms with Gasteiger partial charge in [-0.3, -0.25) is 28.5 Å². The van der Waals surface area contributed by atoms with Crippen molar-refractivity contribution in [2.24, 2.45) is 5.73 Å². The van der Waals surface area contributed by atoms with Gasteiger partial charge in [0.15, 0.2) is 11.8 Å². The van der Waals surface area contributed by atoms with E-state index in [4.69, 9.17) is 25.1 Å². The van der Waals surface area contributed by atoms with Gasteiger partial charge in [0.1, 0.15) is 6.04 Å². The lowest BCUT2D eigenvalue weighted by molar-refractivity contribution is -0.143. The number of aliphatic carboxylic acids is 1. The minimum Gasteiger partial charge on any atom is -0.480 e. The van der Waals surface area contributed by atoms with Crippen molar-refractivity contribution in [2.75, 3.05) is 41.7 Å². The van der Waals surface area contributed by atoms with Crippen LogP contribution in [0.4, 0.5) is 0 Å². The summed E-state index contributed by atoms with van der Waals surface area (Å²) in [5, 5.41) is 8.91. The van der Waals surface area contributed by atoms with E-state index in [1.807, 2.05) is 49.4 Å². The van der Waals surface area contributed by atoms with Crippen LogP contribution >= 0.6 is 0 Å². The topological polar surface area (TPSA) is 195 Å². The second-order valence-corrected chi connectivity index (χ2v) is 17.5. The number of pyridine rings is 2. The smallest absolute Gasteiger partial charge is 0.329 e. The molecule has 376 valence electrons. The fourth-order valence-electron chi connectivity index (χ4n) is 8.37. The summed E-state index contributed by atoms with van der Waals surface area (Å²) in [6.07, 6.45) is 3.40. The number of carboxylic acid groups (broad SMARTS) is 1. The van der Waals surface area contributed by atoms with Gasteiger partial charge in [0, 0.05) is 57.1 Å². The van der Waals surface area contributed by atoms with Gasteiger partial charge in [-0.05, 0) is 127 Å². The molecular formula is C57H67N3O11. The molecule has 14 nitrogen and oxygen atoms in total. The monoisotopic (exact) mass is 969 g/mol. The molecule has 3 N–H and O–H groups in total. The van der Waals surface area contributed by atoms with E-state index in [9.17, 15) is 28.8 Å². The molecule has 71 heavy (non-hydrogen) atoms. The van der Waals surface area contributed by atoms with Crippen molar-refractivity contribution >= 4 is 23.7 Å². The molecule has 0 aliphatic rings. The maximum Gasteiger partial charge on any atom is 0.329 e. The summed E-state index contributed by atoms with van der Waals surface area (Å²) in [6, 6.07) is 32.7. The van der Waals surface area contributed by atoms with Crippen molar-refractivity contribution in [2.45, 2.75) is 84.8 Å². The minimum absolute atomic E-state index is 0.0295. The van der Waals surface area contributed by atoms with Crippen molar-refractivity contribution in [3.8, 4) is 22.3 Å². The second-order valence-electron chi connectivity index (χ2n) is 17.5. The normalized spacial score (nSPS) is 12.4. The number of benzene rings is 4. The molecule has 6 aromatic rings. The molecule has 0 saturated carbocycles. The van der Waals surface area contributed by atoms with Crippen molar-refractivity contribution < 1.29 is 43.2 Å². The Morgan fingerprint density at radius 3 is 1.38 bits per heavy atom. The first-order valence-corrected chi connectivity index (χ1v) is 23.2. The summed E-state index contributed by atoms with van der Waals surface area (Å²) in [6.45, 7) is 12.0. The number of carboxylic acids is 1. The van der Waals surface area contributed by atoms with Gasteiger partial charge in [0.05, 0.1) is 40.3 Å². The molecule has 0 aliphatic heterocycles. The van der Waals surface area contributed by atoms with Gasteiger partial charge in [-0.25, -0.2) is 4.79 Å². The number of Topliss-reactive ketones (excluding diaryl/α,β-unsaturated/α-hetero) is 1. The molecule has 0 aliphatic carbocycles. The number of nitrogens with zero attached hydrogens (tertiary/aromatic N) is 2. The molecule has 4 atom stereocenters. The Kier molecular flexibility index (Phi) is 21.6. The molecular weight excluding hydrogens is 903 g/mol. The summed E-state index contributed by atoms with van der Waals surface area (Å²) in [5.41, 5.74) is 18.2. The quantitative estimate of drug-likeness (QED) is 0.0778. The average Bonchev–Trinajstić information content (AvgIpc) is 3.33. The van der Waals surface area contributed by atoms with Crippen LogP contribution in [0.1, 0.15) is 87.8 Å². The SMILES string of the molecule is COC(=O)CC(N)c1cccc(-c2c(C)cccc2C)c1.COCC(C(=O)CC(CC(=O)OC)c1cccc(-c2c(C)cccc2C)c1)n1ccc(C)cc1=O.COCC(C(=O)O)n1ccc(C)cc1=O. The van der Waals surface area contributed by atoms with Crippen molar-refractivity contribution in [1.29, 1.82) is 0 Å². The number of hydrogen-bond acceptors (Lipinski definition) is 11. The van der Waals surface area contributed by atoms with Gasteiger partial charge in [0.2, 0.25) is 0 Å². The number of carbonyl (C=O) groups excluding carboxylic acids is 3. The van der Waals surface area contributed by atoms with Crippen LogP contribution in [-0.4, -0.2) is 79.6 Å². The molecule has 14 heteroatoms. The lowest BCUT2D eigenvalue weighted by Gasteiger charge is -2.22. The van der Waals surface area contributed by atoms with E-state index in [2.05, 4.69) is 74.9 Å². The van der Waals surface area contributed by atoms with Gasteiger partial charge >= 0.3 is 17.9 Å². The predicted octanol–water partition coefficient (Wildman–Crippen LogP) is 8.90. The van der Waals surface area contributed by atoms with Gasteiger partial charge in [0.25, 0.3) is 11.1 Å². The summed E-state index contributed by atoms with van der Waals surface area (Å²) >= 11 is 0. The molecule has 2 aromatic heterocycles. The molecule has 4 aromatic carbocycles. The van der Waals surface area contributed by atoms with Crippen molar-refractivity contribution in [3.63, 3.8) is 0 Å². The zero-order valence-corrected chi connectivity index (χ0v) is 42.4. The van der Waals surface area contributed by atoms with E-state index in [1.165, 1.54) is 68.0 Å². The van der Waals surface area contributed by atoms with E-state index in [0.717, 1.165) is 54.6 Å². The van der Waals surface area contributed by atoms with Gasteiger partial charge in [-0.15, -0.1) is 0 Å². The molecule has 4 unspecified atom stereocenters. The molecule has 0 amide bonds. The highest BCUT2D eigenvalue weighted by molar-refractivity contribution is 5.85. The number of nitrogens with two attached hydrogens (primary N) is 1. The minimum atomic E-state index is -1.08. The van der Waals surface area contributed by atoms with Crippen molar-refractivity contribution in [3.05, 3.63) is 187 Å². The largest absolute Gasteiger partial charge is 0.480 e. The Morgan fingerprint density at radius 2 is 0.944 bits per heavy atom. The third-order valence-corrected chi connectivity index (χ3v) is 12.1. The molecule has 0 spiro atoms. The molecule has 6 rings (SSSR count). The standard InChI is InChI=1S/C29H33NO5.C18H21NO2.C10H13NO4/c1-19-12-13-30(27(32)14-19)25(18-34-4)26(31)16-24(17-28(33)35-5)22-10-7-11-23(15-22)29-20(2)8-6-9-21(29)3;1-12-6-4-7-13(2)18(12)15-9-5-8-14(10-15)16(19)11-17(20)21-3;1-7-3-4-11(9(12)5-7)8(6-15-2)10(13)14/h6-15,24-25H,16-18H2,1-5H3;4-10,16H,11,19H2,1-3H3;3-5,8H,6H2,1-2H3,(H,13,14). The lowest BCUT2D eigenvalue weighted by Crippen LogP contribution is -2.33. The Labute approximate surface area is 416 Å². The van der Waals surface area contributed by atoms with Crippen LogP contribution in [0.15, 0.2) is 131 Å². The molecule has 2 heterocycles. The number of methoxy groups -OCH3 is 4. The highest BCUT2D eigenvalue weighted by Gasteiger charge is 2.28. The number of ketones is 1. The van der Waals surface area contributed by atoms with E-state index in [1.54, 1.807) is 25.3 Å². The van der Waals surface area contributed by atoms with Crippen LogP contribution in [0.2, 0.25) is 0 Å². The number of aryl methyl sites for hydroxylation is 6. The fourth-order valence-corrected chi connectivity index (χ4v) is 8.37. The number of carbonyl (C=O) groups is 4. The molecule has 0 bridgehead atoms. The number of aromatic nitrogens is 2. The maximum absolute atomic E-state index is 13.5. The van der Waals surface area contributed by atoms with Crippen molar-refractivity contribution in [1.82, 2.24) is 9.13 Å². The Balaban J connectivity index is 0.000000257. The summed E-state index contributed by atoms with van der Waals surface area (Å²) in [4.78, 5) is 72.1. The highest BCUT2D eigenvalue weighted by Crippen LogP contribution is 2.33. The van der Waals surface area contributed by atoms with E-state index in [0.29, 0.717) is 0 Å². The van der Waals surface area contributed by atoms with Gasteiger partial charge < -0.3 is 34.4 Å². The summed E-state index contributed by atoms with van der Waals surface area (Å²) < 4.78 is 22.2. The molecule has 0 fully saturated rings. The third-order valence-electron chi connectivity index (χ3n) is 12.1. The number of esters is 2. The second kappa shape index (κ2) is 27.2. The molecule has 0 saturated heterocycles. The first-order chi connectivity index (χ1) is 33.8. The van der Waals surface area contributed by atoms with E-state index >= 15 is 0 Å².